The molecular weight excluding hydrogens is 453 g/mol. The van der Waals surface area contributed by atoms with E-state index in [0.717, 1.165) is 6.26 Å². The Labute approximate surface area is 185 Å². The molecule has 0 saturated carbocycles. The molecule has 2 aromatic rings. The van der Waals surface area contributed by atoms with Gasteiger partial charge in [0.2, 0.25) is 20.9 Å². The minimum Gasteiger partial charge on any atom is -0.444 e. The smallest absolute Gasteiger partial charge is 0.410 e. The molecule has 0 spiro atoms. The number of sulfone groups is 1. The van der Waals surface area contributed by atoms with Crippen LogP contribution in [0, 0.1) is 0 Å². The number of carbonyl (C=O) groups is 1. The van der Waals surface area contributed by atoms with Gasteiger partial charge in [-0.3, -0.25) is 0 Å². The van der Waals surface area contributed by atoms with Crippen molar-refractivity contribution in [2.45, 2.75) is 44.5 Å². The summed E-state index contributed by atoms with van der Waals surface area (Å²) in [5, 5.41) is 0.299. The molecular formula is C19H21Cl2N3O5S. The third-order valence-electron chi connectivity index (χ3n) is 4.09. The maximum absolute atomic E-state index is 12.5. The molecule has 8 nitrogen and oxygen atoms in total. The molecule has 0 saturated heterocycles. The Morgan fingerprint density at radius 2 is 1.90 bits per heavy atom. The van der Waals surface area contributed by atoms with Crippen molar-refractivity contribution < 1.29 is 22.7 Å². The number of aromatic nitrogens is 2. The number of hydrogen-bond acceptors (Lipinski definition) is 7. The Morgan fingerprint density at radius 1 is 1.20 bits per heavy atom. The van der Waals surface area contributed by atoms with Crippen LogP contribution in [-0.2, 0) is 27.5 Å². The van der Waals surface area contributed by atoms with Crippen molar-refractivity contribution in [2.75, 3.05) is 12.8 Å². The van der Waals surface area contributed by atoms with Gasteiger partial charge in [-0.2, -0.15) is 4.98 Å². The predicted molar refractivity (Wildman–Crippen MR) is 112 cm³/mol. The summed E-state index contributed by atoms with van der Waals surface area (Å²) in [6, 6.07) is 4.63. The van der Waals surface area contributed by atoms with Crippen molar-refractivity contribution in [1.82, 2.24) is 14.9 Å². The third-order valence-corrected chi connectivity index (χ3v) is 5.46. The zero-order valence-electron chi connectivity index (χ0n) is 16.9. The second kappa shape index (κ2) is 8.20. The van der Waals surface area contributed by atoms with Crippen molar-refractivity contribution in [3.05, 3.63) is 39.5 Å². The number of benzene rings is 1. The minimum absolute atomic E-state index is 0.0120. The summed E-state index contributed by atoms with van der Waals surface area (Å²) in [4.78, 5) is 22.3. The molecule has 1 aliphatic heterocycles. The Balaban J connectivity index is 2.02. The Bertz CT molecular complexity index is 1100. The van der Waals surface area contributed by atoms with E-state index in [1.165, 1.54) is 11.0 Å². The molecule has 0 aliphatic carbocycles. The van der Waals surface area contributed by atoms with Crippen LogP contribution in [0.5, 0.6) is 11.6 Å². The molecule has 1 aromatic heterocycles. The number of amides is 1. The maximum Gasteiger partial charge on any atom is 0.410 e. The van der Waals surface area contributed by atoms with Gasteiger partial charge in [0, 0.05) is 24.2 Å². The quantitative estimate of drug-likeness (QED) is 0.613. The van der Waals surface area contributed by atoms with E-state index in [1.54, 1.807) is 32.9 Å². The molecule has 0 unspecified atom stereocenters. The summed E-state index contributed by atoms with van der Waals surface area (Å²) in [5.74, 6) is 0.258. The van der Waals surface area contributed by atoms with Crippen LogP contribution in [0.4, 0.5) is 4.79 Å². The van der Waals surface area contributed by atoms with E-state index in [0.29, 0.717) is 29.2 Å². The molecule has 30 heavy (non-hydrogen) atoms. The highest BCUT2D eigenvalue weighted by Gasteiger charge is 2.31. The normalized spacial score (nSPS) is 14.3. The van der Waals surface area contributed by atoms with E-state index >= 15 is 0 Å². The van der Waals surface area contributed by atoms with Gasteiger partial charge in [0.1, 0.15) is 11.4 Å². The van der Waals surface area contributed by atoms with E-state index in [2.05, 4.69) is 9.97 Å². The van der Waals surface area contributed by atoms with Crippen LogP contribution in [0.25, 0.3) is 0 Å². The van der Waals surface area contributed by atoms with Gasteiger partial charge in [0.15, 0.2) is 0 Å². The van der Waals surface area contributed by atoms with Gasteiger partial charge < -0.3 is 14.4 Å². The molecule has 0 bridgehead atoms. The van der Waals surface area contributed by atoms with Gasteiger partial charge in [0.25, 0.3) is 0 Å². The lowest BCUT2D eigenvalue weighted by atomic mass is 10.1. The number of nitrogens with zero attached hydrogens (tertiary/aromatic N) is 3. The van der Waals surface area contributed by atoms with Gasteiger partial charge in [-0.15, -0.1) is 0 Å². The lowest BCUT2D eigenvalue weighted by molar-refractivity contribution is 0.0220. The predicted octanol–water partition coefficient (Wildman–Crippen LogP) is 4.27. The lowest BCUT2D eigenvalue weighted by Crippen LogP contribution is -2.40. The van der Waals surface area contributed by atoms with Crippen molar-refractivity contribution >= 4 is 39.1 Å². The Kier molecular flexibility index (Phi) is 6.18. The zero-order chi connectivity index (χ0) is 22.3. The largest absolute Gasteiger partial charge is 0.444 e. The summed E-state index contributed by atoms with van der Waals surface area (Å²) in [5.41, 5.74) is 0.334. The van der Waals surface area contributed by atoms with Gasteiger partial charge in [-0.1, -0.05) is 23.2 Å². The average molecular weight is 474 g/mol. The summed E-state index contributed by atoms with van der Waals surface area (Å²) in [6.45, 7) is 5.77. The number of fused-ring (bicyclic) bond motifs is 1. The first-order valence-corrected chi connectivity index (χ1v) is 11.7. The van der Waals surface area contributed by atoms with Crippen LogP contribution in [0.1, 0.15) is 32.0 Å². The third kappa shape index (κ3) is 5.33. The van der Waals surface area contributed by atoms with Gasteiger partial charge in [-0.05, 0) is 39.0 Å². The molecule has 162 valence electrons. The molecule has 11 heteroatoms. The fourth-order valence-corrected chi connectivity index (χ4v) is 3.73. The molecule has 1 amide bonds. The van der Waals surface area contributed by atoms with Crippen LogP contribution in [0.3, 0.4) is 0 Å². The molecule has 0 fully saturated rings. The lowest BCUT2D eigenvalue weighted by Gasteiger charge is -2.31. The number of ether oxygens (including phenoxy) is 2. The van der Waals surface area contributed by atoms with Crippen LogP contribution >= 0.6 is 23.2 Å². The van der Waals surface area contributed by atoms with Crippen molar-refractivity contribution in [1.29, 1.82) is 0 Å². The molecule has 0 atom stereocenters. The van der Waals surface area contributed by atoms with E-state index < -0.39 is 21.5 Å². The number of halogens is 2. The molecule has 0 radical (unpaired) electrons. The second-order valence-electron chi connectivity index (χ2n) is 7.84. The number of carbonyl (C=O) groups excluding carboxylic acids is 1. The Hall–Kier alpha value is -2.10. The summed E-state index contributed by atoms with van der Waals surface area (Å²) < 4.78 is 35.4. The molecule has 1 aromatic carbocycles. The average Bonchev–Trinajstić information content (AvgIpc) is 2.61. The van der Waals surface area contributed by atoms with Crippen molar-refractivity contribution in [2.24, 2.45) is 0 Å². The first kappa shape index (κ1) is 22.6. The van der Waals surface area contributed by atoms with Crippen LogP contribution in [-0.4, -0.2) is 47.8 Å². The standard InChI is InChI=1S/C19H21Cl2N3O5S/c1-19(2,3)29-18(25)24-8-7-14-12(10-24)16(23-17(22-14)30(4,26)27)28-15-6-5-11(20)9-13(15)21/h5-6,9H,7-8,10H2,1-4H3. The fraction of sp³-hybridized carbons (Fsp3) is 0.421. The van der Waals surface area contributed by atoms with Gasteiger partial charge in [0.05, 0.1) is 22.8 Å². The van der Waals surface area contributed by atoms with Crippen molar-refractivity contribution in [3.63, 3.8) is 0 Å². The summed E-state index contributed by atoms with van der Waals surface area (Å²) in [7, 11) is -3.68. The van der Waals surface area contributed by atoms with Crippen LogP contribution in [0.2, 0.25) is 10.0 Å². The molecule has 1 aliphatic rings. The summed E-state index contributed by atoms with van der Waals surface area (Å²) >= 11 is 12.1. The fourth-order valence-electron chi connectivity index (χ4n) is 2.76. The SMILES string of the molecule is CC(C)(C)OC(=O)N1CCc2nc(S(C)(=O)=O)nc(Oc3ccc(Cl)cc3Cl)c2C1. The van der Waals surface area contributed by atoms with E-state index in [-0.39, 0.29) is 28.4 Å². The van der Waals surface area contributed by atoms with E-state index in [4.69, 9.17) is 32.7 Å². The molecule has 0 N–H and O–H groups in total. The summed E-state index contributed by atoms with van der Waals surface area (Å²) in [6.07, 6.45) is 0.851. The van der Waals surface area contributed by atoms with Gasteiger partial charge in [-0.25, -0.2) is 18.2 Å². The van der Waals surface area contributed by atoms with Crippen LogP contribution in [0.15, 0.2) is 23.4 Å². The van der Waals surface area contributed by atoms with E-state index in [9.17, 15) is 13.2 Å². The van der Waals surface area contributed by atoms with E-state index in [1.807, 2.05) is 0 Å². The van der Waals surface area contributed by atoms with Gasteiger partial charge >= 0.3 is 6.09 Å². The van der Waals surface area contributed by atoms with Crippen LogP contribution < -0.4 is 4.74 Å². The highest BCUT2D eigenvalue weighted by Crippen LogP contribution is 2.35. The first-order valence-electron chi connectivity index (χ1n) is 9.04. The Morgan fingerprint density at radius 3 is 2.50 bits per heavy atom. The zero-order valence-corrected chi connectivity index (χ0v) is 19.2. The highest BCUT2D eigenvalue weighted by atomic mass is 35.5. The molecule has 3 rings (SSSR count). The topological polar surface area (TPSA) is 98.7 Å². The highest BCUT2D eigenvalue weighted by molar-refractivity contribution is 7.90. The second-order valence-corrected chi connectivity index (χ2v) is 10.6. The molecule has 2 heterocycles. The first-order chi connectivity index (χ1) is 13.8. The monoisotopic (exact) mass is 473 g/mol. The maximum atomic E-state index is 12.5. The number of rotatable bonds is 3. The van der Waals surface area contributed by atoms with Crippen molar-refractivity contribution in [3.8, 4) is 11.6 Å². The minimum atomic E-state index is -3.68. The number of hydrogen-bond donors (Lipinski definition) is 0.